The zero-order valence-corrected chi connectivity index (χ0v) is 83.7. The fourth-order valence-electron chi connectivity index (χ4n) is 17.8. The SMILES string of the molecule is CCCCCCCCCCCCCCCC(=O)O[C@H](CCCCCCCCCCC)CC(=O)N[C@H]1[C@H](OC[C@H]2O[C@H](OP(=O)(O)O)[C@H](NC(=O)C[C@H](O)CCCCCCCCCCC)[C@@H](NC(=O)C[C@H](O)CCCCCCCCCCC)[C@@H]2O)O[C@H](CO)[C@@H](OP(=O)(O)O)[C@@H]1OC(=O)C[C@@H](CCCCCCCCCCC)OC(=O)CCCCCCCCCCCCCCC. The number of phosphoric ester groups is 2. The van der Waals surface area contributed by atoms with Gasteiger partial charge in [-0.15, -0.1) is 0 Å². The van der Waals surface area contributed by atoms with Crippen molar-refractivity contribution in [3.63, 3.8) is 0 Å². The van der Waals surface area contributed by atoms with Crippen molar-refractivity contribution in [2.75, 3.05) is 13.2 Å². The van der Waals surface area contributed by atoms with Crippen molar-refractivity contribution in [2.45, 2.75) is 589 Å². The van der Waals surface area contributed by atoms with E-state index in [2.05, 4.69) is 57.5 Å². The van der Waals surface area contributed by atoms with E-state index in [1.807, 2.05) is 0 Å². The number of rotatable bonds is 90. The topological polar surface area (TPSA) is 408 Å². The van der Waals surface area contributed by atoms with Crippen LogP contribution in [0, 0.1) is 0 Å². The second-order valence-electron chi connectivity index (χ2n) is 37.8. The molecule has 27 nitrogen and oxygen atoms in total. The molecule has 0 aromatic carbocycles. The molecule has 0 aromatic rings. The standard InChI is InChI=1S/C100H191N3O24P2/c1-7-13-19-25-31-37-39-41-43-49-55-61-67-73-90(110)121-83(71-65-59-53-47-35-29-23-17-11-5)77-89(109)103-95-98(125-92(112)78-84(72-66-60-54-48-36-30-24-18-12-6)122-91(111)74-68-62-56-50-44-42-40-38-32-26-20-14-8-2)97(126-128(114,115)116)85(79-104)123-99(95)120-80-86-96(113)93(101-87(107)75-81(105)69-63-57-51-45-33-27-21-15-9-3)94(100(124-86)127-129(117,118)119)102-88(108)76-82(106)70-64-58-52-46-34-28-22-16-10-4/h81-86,93-100,104-106,113H,7-80H2,1-6H3,(H,101,107)(H,102,108)(H,103,109)(H2,114,115,116)(H2,117,118,119)/t81-,82-,83-,84-,85-,86-,93-,94-,95-,96-,97-,98-,99-,100-/m1/s1. The van der Waals surface area contributed by atoms with Crippen molar-refractivity contribution < 1.29 is 115 Å². The molecule has 2 heterocycles. The summed E-state index contributed by atoms with van der Waals surface area (Å²) in [6, 6.07) is -5.51. The van der Waals surface area contributed by atoms with E-state index in [1.165, 1.54) is 116 Å². The van der Waals surface area contributed by atoms with E-state index in [1.54, 1.807) is 0 Å². The lowest BCUT2D eigenvalue weighted by molar-refractivity contribution is -0.290. The molecular weight excluding hydrogens is 1690 g/mol. The Morgan fingerprint density at radius 3 is 0.922 bits per heavy atom. The second-order valence-corrected chi connectivity index (χ2v) is 40.2. The number of amides is 3. The number of esters is 3. The minimum atomic E-state index is -5.69. The van der Waals surface area contributed by atoms with Crippen LogP contribution in [-0.2, 0) is 75.4 Å². The molecule has 2 aliphatic rings. The molecule has 129 heavy (non-hydrogen) atoms. The molecule has 0 unspecified atom stereocenters. The van der Waals surface area contributed by atoms with E-state index < -0.39 is 176 Å². The van der Waals surface area contributed by atoms with Gasteiger partial charge in [0.2, 0.25) is 17.7 Å². The minimum absolute atomic E-state index is 0.0829. The highest BCUT2D eigenvalue weighted by Crippen LogP contribution is 2.44. The lowest BCUT2D eigenvalue weighted by atomic mass is 9.93. The first-order valence-electron chi connectivity index (χ1n) is 52.8. The summed E-state index contributed by atoms with van der Waals surface area (Å²) in [6.07, 6.45) is 44.9. The maximum atomic E-state index is 15.3. The summed E-state index contributed by atoms with van der Waals surface area (Å²) in [6.45, 7) is 11.0. The lowest BCUT2D eigenvalue weighted by Crippen LogP contribution is -2.70. The minimum Gasteiger partial charge on any atom is -0.462 e. The van der Waals surface area contributed by atoms with Crippen LogP contribution in [0.5, 0.6) is 0 Å². The predicted molar refractivity (Wildman–Crippen MR) is 510 cm³/mol. The molecule has 0 saturated carbocycles. The number of phosphoric acid groups is 2. The van der Waals surface area contributed by atoms with Gasteiger partial charge in [0.15, 0.2) is 18.7 Å². The number of aliphatic hydroxyl groups excluding tert-OH is 4. The van der Waals surface area contributed by atoms with Crippen molar-refractivity contribution in [1.82, 2.24) is 16.0 Å². The second kappa shape index (κ2) is 80.8. The van der Waals surface area contributed by atoms with Crippen LogP contribution < -0.4 is 16.0 Å². The molecule has 11 N–H and O–H groups in total. The van der Waals surface area contributed by atoms with Gasteiger partial charge in [-0.05, 0) is 51.4 Å². The van der Waals surface area contributed by atoms with Gasteiger partial charge in [-0.3, -0.25) is 37.8 Å². The Morgan fingerprint density at radius 1 is 0.318 bits per heavy atom. The van der Waals surface area contributed by atoms with E-state index in [-0.39, 0.29) is 38.5 Å². The number of carbonyl (C=O) groups is 6. The van der Waals surface area contributed by atoms with Gasteiger partial charge in [-0.1, -0.05) is 414 Å². The van der Waals surface area contributed by atoms with Gasteiger partial charge in [-0.2, -0.15) is 0 Å². The van der Waals surface area contributed by atoms with Crippen LogP contribution in [0.3, 0.4) is 0 Å². The quantitative estimate of drug-likeness (QED) is 0.0117. The highest BCUT2D eigenvalue weighted by Gasteiger charge is 2.54. The molecule has 14 atom stereocenters. The predicted octanol–water partition coefficient (Wildman–Crippen LogP) is 22.5. The normalized spacial score (nSPS) is 20.0. The number of carbonyl (C=O) groups excluding carboxylic acids is 6. The molecule has 0 radical (unpaired) electrons. The number of nitrogens with one attached hydrogen (secondary N) is 3. The fourth-order valence-corrected chi connectivity index (χ4v) is 18.8. The Hall–Kier alpha value is -3.24. The highest BCUT2D eigenvalue weighted by molar-refractivity contribution is 7.46. The average Bonchev–Trinajstić information content (AvgIpc) is 0.770. The van der Waals surface area contributed by atoms with Gasteiger partial charge < -0.3 is 84.4 Å². The van der Waals surface area contributed by atoms with Crippen LogP contribution in [0.15, 0.2) is 0 Å². The first kappa shape index (κ1) is 122. The van der Waals surface area contributed by atoms with Crippen molar-refractivity contribution in [3.05, 3.63) is 0 Å². The maximum absolute atomic E-state index is 15.3. The highest BCUT2D eigenvalue weighted by atomic mass is 31.2. The summed E-state index contributed by atoms with van der Waals surface area (Å²) < 4.78 is 74.7. The molecule has 2 saturated heterocycles. The largest absolute Gasteiger partial charge is 0.472 e. The van der Waals surface area contributed by atoms with Gasteiger partial charge in [0.25, 0.3) is 0 Å². The van der Waals surface area contributed by atoms with E-state index in [0.717, 1.165) is 244 Å². The van der Waals surface area contributed by atoms with Gasteiger partial charge in [-0.25, -0.2) is 9.13 Å². The van der Waals surface area contributed by atoms with Crippen LogP contribution >= 0.6 is 15.6 Å². The summed E-state index contributed by atoms with van der Waals surface area (Å²) >= 11 is 0. The smallest absolute Gasteiger partial charge is 0.462 e. The number of ether oxygens (including phenoxy) is 6. The summed E-state index contributed by atoms with van der Waals surface area (Å²) in [7, 11) is -11.3. The summed E-state index contributed by atoms with van der Waals surface area (Å²) in [5, 5.41) is 54.5. The third kappa shape index (κ3) is 66.8. The zero-order valence-electron chi connectivity index (χ0n) is 81.9. The Balaban J connectivity index is 2.82. The average molecular weight is 1880 g/mol. The molecule has 2 fully saturated rings. The van der Waals surface area contributed by atoms with Crippen LogP contribution in [0.2, 0.25) is 0 Å². The van der Waals surface area contributed by atoms with E-state index >= 15 is 9.59 Å². The van der Waals surface area contributed by atoms with Crippen molar-refractivity contribution in [1.29, 1.82) is 0 Å². The third-order valence-electron chi connectivity index (χ3n) is 25.5. The van der Waals surface area contributed by atoms with Gasteiger partial charge in [0, 0.05) is 12.8 Å². The summed E-state index contributed by atoms with van der Waals surface area (Å²) in [5.74, 6) is -4.71. The maximum Gasteiger partial charge on any atom is 0.472 e. The van der Waals surface area contributed by atoms with Gasteiger partial charge >= 0.3 is 33.6 Å². The Bertz CT molecular complexity index is 2830. The molecule has 2 rings (SSSR count). The Labute approximate surface area is 781 Å². The molecule has 2 aliphatic heterocycles. The molecule has 0 aromatic heterocycles. The molecule has 0 bridgehead atoms. The molecule has 0 aliphatic carbocycles. The zero-order chi connectivity index (χ0) is 94.7. The van der Waals surface area contributed by atoms with Crippen LogP contribution in [0.4, 0.5) is 0 Å². The van der Waals surface area contributed by atoms with E-state index in [9.17, 15) is 68.3 Å². The van der Waals surface area contributed by atoms with Crippen LogP contribution in [-0.4, -0.2) is 174 Å². The number of hydrogen-bond donors (Lipinski definition) is 11. The molecule has 3 amide bonds. The van der Waals surface area contributed by atoms with Gasteiger partial charge in [0.05, 0.1) is 57.1 Å². The van der Waals surface area contributed by atoms with Crippen LogP contribution in [0.1, 0.15) is 504 Å². The Morgan fingerprint density at radius 2 is 0.597 bits per heavy atom. The summed E-state index contributed by atoms with van der Waals surface area (Å²) in [5.41, 5.74) is 0. The molecule has 29 heteroatoms. The fraction of sp³-hybridized carbons (Fsp3) is 0.940. The molecular formula is C100H191N3O24P2. The number of unbranched alkanes of at least 4 members (excludes halogenated alkanes) is 56. The first-order chi connectivity index (χ1) is 62.3. The number of hydrogen-bond acceptors (Lipinski definition) is 20. The Kier molecular flexibility index (Phi) is 76.3. The van der Waals surface area contributed by atoms with Gasteiger partial charge in [0.1, 0.15) is 48.7 Å². The van der Waals surface area contributed by atoms with Crippen molar-refractivity contribution in [3.8, 4) is 0 Å². The number of aliphatic hydroxyl groups is 4. The monoisotopic (exact) mass is 1880 g/mol. The first-order valence-corrected chi connectivity index (χ1v) is 55.9. The van der Waals surface area contributed by atoms with Crippen molar-refractivity contribution >= 4 is 51.3 Å². The van der Waals surface area contributed by atoms with E-state index in [0.29, 0.717) is 38.5 Å². The molecule has 0 spiro atoms. The summed E-state index contributed by atoms with van der Waals surface area (Å²) in [4.78, 5) is 129. The molecule has 760 valence electrons. The van der Waals surface area contributed by atoms with Crippen molar-refractivity contribution in [2.24, 2.45) is 0 Å². The lowest BCUT2D eigenvalue weighted by Gasteiger charge is -2.47. The van der Waals surface area contributed by atoms with E-state index in [4.69, 9.17) is 37.5 Å². The third-order valence-corrected chi connectivity index (χ3v) is 26.5. The van der Waals surface area contributed by atoms with Crippen LogP contribution in [0.25, 0.3) is 0 Å².